The van der Waals surface area contributed by atoms with Gasteiger partial charge in [-0.1, -0.05) is 43.4 Å². The molecule has 1 fully saturated rings. The van der Waals surface area contributed by atoms with Crippen molar-refractivity contribution in [2.45, 2.75) is 49.5 Å². The molecule has 0 heterocycles. The van der Waals surface area contributed by atoms with Crippen LogP contribution < -0.4 is 10.0 Å². The number of nitrogens with one attached hydrogen (secondary N) is 2. The summed E-state index contributed by atoms with van der Waals surface area (Å²) >= 11 is 5.88. The third-order valence-corrected chi connectivity index (χ3v) is 6.51. The molecule has 2 N–H and O–H groups in total. The quantitative estimate of drug-likeness (QED) is 0.681. The zero-order chi connectivity index (χ0) is 20.1. The maximum absolute atomic E-state index is 14.2. The van der Waals surface area contributed by atoms with Gasteiger partial charge in [0.1, 0.15) is 5.82 Å². The number of amides is 1. The summed E-state index contributed by atoms with van der Waals surface area (Å²) in [4.78, 5) is 12.3. The van der Waals surface area contributed by atoms with Gasteiger partial charge in [-0.2, -0.15) is 0 Å². The fourth-order valence-corrected chi connectivity index (χ4v) is 4.82. The molecule has 1 amide bonds. The first-order valence-electron chi connectivity index (χ1n) is 9.24. The van der Waals surface area contributed by atoms with E-state index in [1.165, 1.54) is 12.1 Å². The summed E-state index contributed by atoms with van der Waals surface area (Å²) < 4.78 is 42.3. The highest BCUT2D eigenvalue weighted by atomic mass is 35.5. The van der Waals surface area contributed by atoms with E-state index in [0.29, 0.717) is 10.7 Å². The lowest BCUT2D eigenvalue weighted by Gasteiger charge is -2.17. The summed E-state index contributed by atoms with van der Waals surface area (Å²) in [6.07, 6.45) is 5.71. The maximum atomic E-state index is 14.2. The van der Waals surface area contributed by atoms with Gasteiger partial charge < -0.3 is 5.32 Å². The van der Waals surface area contributed by atoms with E-state index in [9.17, 15) is 17.6 Å². The Balaban J connectivity index is 1.80. The van der Waals surface area contributed by atoms with E-state index in [4.69, 9.17) is 11.6 Å². The predicted octanol–water partition coefficient (Wildman–Crippen LogP) is 4.73. The highest BCUT2D eigenvalue weighted by Gasteiger charge is 2.23. The maximum Gasteiger partial charge on any atom is 0.258 e. The number of rotatable bonds is 5. The first-order chi connectivity index (χ1) is 13.3. The third-order valence-electron chi connectivity index (χ3n) is 4.75. The topological polar surface area (TPSA) is 75.3 Å². The van der Waals surface area contributed by atoms with E-state index < -0.39 is 21.7 Å². The molecule has 1 aliphatic rings. The highest BCUT2D eigenvalue weighted by Crippen LogP contribution is 2.22. The minimum atomic E-state index is -3.85. The van der Waals surface area contributed by atoms with Crippen LogP contribution in [-0.2, 0) is 10.0 Å². The van der Waals surface area contributed by atoms with Crippen LogP contribution in [0.1, 0.15) is 48.9 Å². The molecule has 5 nitrogen and oxygen atoms in total. The van der Waals surface area contributed by atoms with Gasteiger partial charge in [0.25, 0.3) is 5.91 Å². The molecule has 2 aromatic carbocycles. The van der Waals surface area contributed by atoms with Crippen LogP contribution in [-0.4, -0.2) is 20.4 Å². The molecule has 0 unspecified atom stereocenters. The van der Waals surface area contributed by atoms with Crippen molar-refractivity contribution < 1.29 is 17.6 Å². The van der Waals surface area contributed by atoms with Crippen LogP contribution in [0.2, 0.25) is 5.02 Å². The summed E-state index contributed by atoms with van der Waals surface area (Å²) in [7, 11) is -3.85. The van der Waals surface area contributed by atoms with Crippen molar-refractivity contribution in [1.82, 2.24) is 4.72 Å². The fraction of sp³-hybridized carbons (Fsp3) is 0.350. The molecular formula is C20H22ClFN2O3S. The van der Waals surface area contributed by atoms with Gasteiger partial charge in [-0.3, -0.25) is 4.79 Å². The van der Waals surface area contributed by atoms with E-state index in [1.807, 2.05) is 0 Å². The molecule has 2 aromatic rings. The van der Waals surface area contributed by atoms with Gasteiger partial charge in [-0.15, -0.1) is 0 Å². The minimum Gasteiger partial charge on any atom is -0.322 e. The van der Waals surface area contributed by atoms with Gasteiger partial charge >= 0.3 is 0 Å². The van der Waals surface area contributed by atoms with Crippen molar-refractivity contribution in [1.29, 1.82) is 0 Å². The molecule has 3 rings (SSSR count). The zero-order valence-corrected chi connectivity index (χ0v) is 16.8. The van der Waals surface area contributed by atoms with Gasteiger partial charge in [-0.25, -0.2) is 17.5 Å². The summed E-state index contributed by atoms with van der Waals surface area (Å²) in [5.41, 5.74) is 0.0467. The second-order valence-corrected chi connectivity index (χ2v) is 9.07. The van der Waals surface area contributed by atoms with E-state index in [0.717, 1.165) is 50.7 Å². The lowest BCUT2D eigenvalue weighted by molar-refractivity contribution is 0.102. The van der Waals surface area contributed by atoms with Crippen molar-refractivity contribution in [3.05, 3.63) is 58.9 Å². The first kappa shape index (κ1) is 20.8. The Hall–Kier alpha value is -1.96. The van der Waals surface area contributed by atoms with Gasteiger partial charge in [0, 0.05) is 16.8 Å². The van der Waals surface area contributed by atoms with Crippen LogP contribution in [0.25, 0.3) is 0 Å². The number of sulfonamides is 1. The summed E-state index contributed by atoms with van der Waals surface area (Å²) in [6.45, 7) is 0. The van der Waals surface area contributed by atoms with Crippen molar-refractivity contribution >= 4 is 33.2 Å². The van der Waals surface area contributed by atoms with Crippen LogP contribution in [0.5, 0.6) is 0 Å². The Morgan fingerprint density at radius 3 is 2.43 bits per heavy atom. The number of carbonyl (C=O) groups excluding carboxylic acids is 1. The van der Waals surface area contributed by atoms with E-state index in [1.54, 1.807) is 18.2 Å². The smallest absolute Gasteiger partial charge is 0.258 e. The van der Waals surface area contributed by atoms with Gasteiger partial charge in [-0.05, 0) is 49.2 Å². The number of hydrogen-bond donors (Lipinski definition) is 2. The SMILES string of the molecule is O=C(Nc1cccc(Cl)c1)c1cc(S(=O)(=O)NC2CCCCCC2)ccc1F. The second-order valence-electron chi connectivity index (χ2n) is 6.92. The van der Waals surface area contributed by atoms with Crippen molar-refractivity contribution in [3.8, 4) is 0 Å². The summed E-state index contributed by atoms with van der Waals surface area (Å²) in [5.74, 6) is -1.54. The molecule has 8 heteroatoms. The predicted molar refractivity (Wildman–Crippen MR) is 108 cm³/mol. The largest absolute Gasteiger partial charge is 0.322 e. The molecule has 0 atom stereocenters. The number of benzene rings is 2. The molecule has 0 bridgehead atoms. The Labute approximate surface area is 169 Å². The summed E-state index contributed by atoms with van der Waals surface area (Å²) in [5, 5.41) is 2.95. The Kier molecular flexibility index (Phi) is 6.69. The van der Waals surface area contributed by atoms with Crippen LogP contribution in [0.4, 0.5) is 10.1 Å². The molecule has 0 radical (unpaired) electrons. The van der Waals surface area contributed by atoms with Gasteiger partial charge in [0.05, 0.1) is 10.5 Å². The Morgan fingerprint density at radius 2 is 1.75 bits per heavy atom. The van der Waals surface area contributed by atoms with E-state index >= 15 is 0 Å². The second kappa shape index (κ2) is 9.03. The molecular weight excluding hydrogens is 403 g/mol. The number of halogens is 2. The molecule has 28 heavy (non-hydrogen) atoms. The first-order valence-corrected chi connectivity index (χ1v) is 11.1. The number of hydrogen-bond acceptors (Lipinski definition) is 3. The molecule has 0 spiro atoms. The summed E-state index contributed by atoms with van der Waals surface area (Å²) in [6, 6.07) is 9.51. The monoisotopic (exact) mass is 424 g/mol. The van der Waals surface area contributed by atoms with Crippen LogP contribution in [0, 0.1) is 5.82 Å². The normalized spacial score (nSPS) is 15.8. The molecule has 150 valence electrons. The Morgan fingerprint density at radius 1 is 1.04 bits per heavy atom. The molecule has 0 aliphatic heterocycles. The van der Waals surface area contributed by atoms with Crippen LogP contribution in [0.3, 0.4) is 0 Å². The number of anilines is 1. The minimum absolute atomic E-state index is 0.130. The average molecular weight is 425 g/mol. The van der Waals surface area contributed by atoms with Gasteiger partial charge in [0.15, 0.2) is 0 Å². The van der Waals surface area contributed by atoms with E-state index in [2.05, 4.69) is 10.0 Å². The van der Waals surface area contributed by atoms with E-state index in [-0.39, 0.29) is 16.5 Å². The number of carbonyl (C=O) groups is 1. The molecule has 0 saturated heterocycles. The van der Waals surface area contributed by atoms with Gasteiger partial charge in [0.2, 0.25) is 10.0 Å². The molecule has 1 saturated carbocycles. The van der Waals surface area contributed by atoms with Crippen molar-refractivity contribution in [2.75, 3.05) is 5.32 Å². The van der Waals surface area contributed by atoms with Crippen LogP contribution >= 0.6 is 11.6 Å². The molecule has 0 aromatic heterocycles. The third kappa shape index (κ3) is 5.31. The lowest BCUT2D eigenvalue weighted by Crippen LogP contribution is -2.34. The standard InChI is InChI=1S/C20H22ClFN2O3S/c21-14-6-5-9-16(12-14)23-20(25)18-13-17(10-11-19(18)22)28(26,27)24-15-7-3-1-2-4-8-15/h5-6,9-13,15,24H,1-4,7-8H2,(H,23,25). The highest BCUT2D eigenvalue weighted by molar-refractivity contribution is 7.89. The fourth-order valence-electron chi connectivity index (χ4n) is 3.29. The van der Waals surface area contributed by atoms with Crippen LogP contribution in [0.15, 0.2) is 47.4 Å². The average Bonchev–Trinajstić information content (AvgIpc) is 2.90. The zero-order valence-electron chi connectivity index (χ0n) is 15.3. The van der Waals surface area contributed by atoms with Crippen molar-refractivity contribution in [2.24, 2.45) is 0 Å². The Bertz CT molecular complexity index is 958. The lowest BCUT2D eigenvalue weighted by atomic mass is 10.1. The van der Waals surface area contributed by atoms with Crippen molar-refractivity contribution in [3.63, 3.8) is 0 Å². The molecule has 1 aliphatic carbocycles.